The molecule has 5 nitrogen and oxygen atoms in total. The van der Waals surface area contributed by atoms with Crippen molar-refractivity contribution in [1.29, 1.82) is 0 Å². The fourth-order valence-electron chi connectivity index (χ4n) is 1.68. The third kappa shape index (κ3) is 3.16. The summed E-state index contributed by atoms with van der Waals surface area (Å²) >= 11 is 0. The molecule has 96 valence electrons. The Morgan fingerprint density at radius 2 is 2.33 bits per heavy atom. The number of hydrogen-bond acceptors (Lipinski definition) is 4. The Labute approximate surface area is 106 Å². The maximum Gasteiger partial charge on any atom is 0.144 e. The van der Waals surface area contributed by atoms with Crippen LogP contribution in [0, 0.1) is 0 Å². The molecule has 0 unspecified atom stereocenters. The van der Waals surface area contributed by atoms with E-state index in [1.54, 1.807) is 6.20 Å². The molecule has 0 saturated heterocycles. The van der Waals surface area contributed by atoms with Crippen molar-refractivity contribution in [2.24, 2.45) is 0 Å². The highest BCUT2D eigenvalue weighted by Gasteiger charge is 2.02. The van der Waals surface area contributed by atoms with Crippen LogP contribution in [-0.2, 0) is 6.42 Å². The maximum atomic E-state index is 5.81. The highest BCUT2D eigenvalue weighted by atomic mass is 16.5. The largest absolute Gasteiger partial charge is 0.492 e. The van der Waals surface area contributed by atoms with E-state index in [1.165, 1.54) is 0 Å². The first-order valence-corrected chi connectivity index (χ1v) is 6.04. The summed E-state index contributed by atoms with van der Waals surface area (Å²) in [7, 11) is 0. The van der Waals surface area contributed by atoms with E-state index in [0.717, 1.165) is 30.2 Å². The van der Waals surface area contributed by atoms with Crippen LogP contribution >= 0.6 is 0 Å². The third-order valence-corrected chi connectivity index (χ3v) is 2.56. The molecule has 0 aliphatic rings. The molecule has 0 aliphatic carbocycles. The van der Waals surface area contributed by atoms with Crippen LogP contribution in [0.2, 0.25) is 0 Å². The summed E-state index contributed by atoms with van der Waals surface area (Å²) in [6.07, 6.45) is 4.43. The number of nitrogen functional groups attached to an aromatic ring is 1. The molecule has 2 rings (SSSR count). The predicted molar refractivity (Wildman–Crippen MR) is 72.8 cm³/mol. The molecule has 0 radical (unpaired) electrons. The molecule has 0 atom stereocenters. The average molecular weight is 246 g/mol. The van der Waals surface area contributed by atoms with E-state index in [-0.39, 0.29) is 0 Å². The van der Waals surface area contributed by atoms with Crippen molar-refractivity contribution >= 4 is 11.4 Å². The third-order valence-electron chi connectivity index (χ3n) is 2.56. The molecule has 2 aromatic rings. The number of rotatable bonds is 6. The van der Waals surface area contributed by atoms with Crippen LogP contribution in [0.1, 0.15) is 12.7 Å². The smallest absolute Gasteiger partial charge is 0.144 e. The molecular formula is C13H18N4O. The number of anilines is 2. The van der Waals surface area contributed by atoms with E-state index in [2.05, 4.69) is 15.3 Å². The quantitative estimate of drug-likeness (QED) is 0.682. The van der Waals surface area contributed by atoms with Gasteiger partial charge in [-0.25, -0.2) is 4.98 Å². The number of benzene rings is 1. The first-order valence-electron chi connectivity index (χ1n) is 6.04. The molecule has 0 aliphatic heterocycles. The molecule has 0 spiro atoms. The summed E-state index contributed by atoms with van der Waals surface area (Å²) in [5, 5.41) is 3.31. The Morgan fingerprint density at radius 1 is 1.44 bits per heavy atom. The van der Waals surface area contributed by atoms with Gasteiger partial charge in [0.15, 0.2) is 0 Å². The lowest BCUT2D eigenvalue weighted by Gasteiger charge is -2.10. The van der Waals surface area contributed by atoms with Crippen LogP contribution in [-0.4, -0.2) is 23.1 Å². The highest BCUT2D eigenvalue weighted by molar-refractivity contribution is 5.61. The molecule has 0 fully saturated rings. The van der Waals surface area contributed by atoms with Gasteiger partial charge in [-0.05, 0) is 19.1 Å². The van der Waals surface area contributed by atoms with Gasteiger partial charge in [0.1, 0.15) is 11.6 Å². The van der Waals surface area contributed by atoms with Crippen molar-refractivity contribution < 1.29 is 4.74 Å². The summed E-state index contributed by atoms with van der Waals surface area (Å²) in [5.74, 6) is 1.70. The second kappa shape index (κ2) is 5.95. The fraction of sp³-hybridized carbons (Fsp3) is 0.308. The zero-order valence-corrected chi connectivity index (χ0v) is 10.4. The minimum Gasteiger partial charge on any atom is -0.492 e. The Bertz CT molecular complexity index is 482. The van der Waals surface area contributed by atoms with Gasteiger partial charge in [-0.1, -0.05) is 0 Å². The summed E-state index contributed by atoms with van der Waals surface area (Å²) in [6.45, 7) is 3.36. The normalized spacial score (nSPS) is 10.3. The number of aromatic nitrogens is 2. The number of nitrogens with zero attached hydrogens (tertiary/aromatic N) is 1. The Kier molecular flexibility index (Phi) is 4.06. The van der Waals surface area contributed by atoms with Crippen LogP contribution in [0.25, 0.3) is 0 Å². The van der Waals surface area contributed by atoms with Crippen LogP contribution in [0.15, 0.2) is 30.6 Å². The number of imidazole rings is 1. The first-order chi connectivity index (χ1) is 8.79. The summed E-state index contributed by atoms with van der Waals surface area (Å²) in [5.41, 5.74) is 7.47. The molecular weight excluding hydrogens is 228 g/mol. The fourth-order valence-corrected chi connectivity index (χ4v) is 1.68. The first kappa shape index (κ1) is 12.3. The highest BCUT2D eigenvalue weighted by Crippen LogP contribution is 2.25. The lowest BCUT2D eigenvalue weighted by Crippen LogP contribution is -2.06. The zero-order valence-electron chi connectivity index (χ0n) is 10.4. The molecule has 4 N–H and O–H groups in total. The molecule has 1 heterocycles. The molecule has 5 heteroatoms. The zero-order chi connectivity index (χ0) is 12.8. The standard InChI is InChI=1S/C13H18N4O/c1-2-18-12-9-10(3-4-11(12)14)15-6-5-13-16-7-8-17-13/h3-4,7-9,15H,2,5-6,14H2,1H3,(H,16,17). The number of aromatic amines is 1. The van der Waals surface area contributed by atoms with Gasteiger partial charge >= 0.3 is 0 Å². The monoisotopic (exact) mass is 246 g/mol. The van der Waals surface area contributed by atoms with E-state index in [4.69, 9.17) is 10.5 Å². The predicted octanol–water partition coefficient (Wildman–Crippen LogP) is 2.05. The topological polar surface area (TPSA) is 76.0 Å². The van der Waals surface area contributed by atoms with Crippen LogP contribution < -0.4 is 15.8 Å². The molecule has 18 heavy (non-hydrogen) atoms. The summed E-state index contributed by atoms with van der Waals surface area (Å²) < 4.78 is 5.45. The van der Waals surface area contributed by atoms with Gasteiger partial charge < -0.3 is 20.8 Å². The van der Waals surface area contributed by atoms with Crippen LogP contribution in [0.3, 0.4) is 0 Å². The number of ether oxygens (including phenoxy) is 1. The average Bonchev–Trinajstić information content (AvgIpc) is 2.87. The van der Waals surface area contributed by atoms with Gasteiger partial charge in [-0.2, -0.15) is 0 Å². The van der Waals surface area contributed by atoms with Gasteiger partial charge in [0.25, 0.3) is 0 Å². The summed E-state index contributed by atoms with van der Waals surface area (Å²) in [4.78, 5) is 7.24. The molecule has 1 aromatic heterocycles. The Balaban J connectivity index is 1.90. The Morgan fingerprint density at radius 3 is 3.06 bits per heavy atom. The van der Waals surface area contributed by atoms with Crippen molar-refractivity contribution in [2.45, 2.75) is 13.3 Å². The van der Waals surface area contributed by atoms with E-state index >= 15 is 0 Å². The number of nitrogens with one attached hydrogen (secondary N) is 2. The molecule has 0 saturated carbocycles. The molecule has 0 amide bonds. The Hall–Kier alpha value is -2.17. The SMILES string of the molecule is CCOc1cc(NCCc2ncc[nH]2)ccc1N. The molecule has 1 aromatic carbocycles. The molecule has 0 bridgehead atoms. The number of H-pyrrole nitrogens is 1. The summed E-state index contributed by atoms with van der Waals surface area (Å²) in [6, 6.07) is 5.71. The van der Waals surface area contributed by atoms with Crippen molar-refractivity contribution in [1.82, 2.24) is 9.97 Å². The van der Waals surface area contributed by atoms with Gasteiger partial charge in [0.2, 0.25) is 0 Å². The van der Waals surface area contributed by atoms with Crippen molar-refractivity contribution in [2.75, 3.05) is 24.2 Å². The van der Waals surface area contributed by atoms with Gasteiger partial charge in [-0.3, -0.25) is 0 Å². The maximum absolute atomic E-state index is 5.81. The van der Waals surface area contributed by atoms with Crippen molar-refractivity contribution in [3.05, 3.63) is 36.4 Å². The van der Waals surface area contributed by atoms with Crippen LogP contribution in [0.4, 0.5) is 11.4 Å². The van der Waals surface area contributed by atoms with Crippen molar-refractivity contribution in [3.63, 3.8) is 0 Å². The van der Waals surface area contributed by atoms with Gasteiger partial charge in [0, 0.05) is 37.1 Å². The second-order valence-electron chi connectivity index (χ2n) is 3.90. The number of hydrogen-bond donors (Lipinski definition) is 3. The lowest BCUT2D eigenvalue weighted by molar-refractivity contribution is 0.342. The van der Waals surface area contributed by atoms with E-state index in [1.807, 2.05) is 31.3 Å². The minimum absolute atomic E-state index is 0.611. The minimum atomic E-state index is 0.611. The van der Waals surface area contributed by atoms with Crippen LogP contribution in [0.5, 0.6) is 5.75 Å². The second-order valence-corrected chi connectivity index (χ2v) is 3.90. The van der Waals surface area contributed by atoms with E-state index in [0.29, 0.717) is 12.3 Å². The van der Waals surface area contributed by atoms with Gasteiger partial charge in [-0.15, -0.1) is 0 Å². The lowest BCUT2D eigenvalue weighted by atomic mass is 10.2. The van der Waals surface area contributed by atoms with Crippen molar-refractivity contribution in [3.8, 4) is 5.75 Å². The van der Waals surface area contributed by atoms with E-state index < -0.39 is 0 Å². The van der Waals surface area contributed by atoms with E-state index in [9.17, 15) is 0 Å². The number of nitrogens with two attached hydrogens (primary N) is 1. The van der Waals surface area contributed by atoms with Gasteiger partial charge in [0.05, 0.1) is 12.3 Å².